The van der Waals surface area contributed by atoms with Gasteiger partial charge in [0.25, 0.3) is 5.69 Å². The van der Waals surface area contributed by atoms with E-state index >= 15 is 0 Å². The number of ether oxygens (including phenoxy) is 1. The molecule has 0 fully saturated rings. The lowest BCUT2D eigenvalue weighted by Gasteiger charge is -2.19. The number of carbonyl (C=O) groups excluding carboxylic acids is 1. The number of rotatable bonds is 4. The van der Waals surface area contributed by atoms with E-state index < -0.39 is 4.92 Å². The number of esters is 1. The average Bonchev–Trinajstić information content (AvgIpc) is 2.53. The zero-order valence-corrected chi connectivity index (χ0v) is 11.6. The first-order valence-electron chi connectivity index (χ1n) is 6.19. The van der Waals surface area contributed by atoms with Gasteiger partial charge >= 0.3 is 5.97 Å². The van der Waals surface area contributed by atoms with E-state index in [1.807, 2.05) is 11.9 Å². The maximum absolute atomic E-state index is 11.4. The zero-order valence-electron chi connectivity index (χ0n) is 11.6. The number of non-ortho nitro benzene ring substituents is 1. The van der Waals surface area contributed by atoms with Gasteiger partial charge in [-0.3, -0.25) is 10.1 Å². The van der Waals surface area contributed by atoms with Crippen molar-refractivity contribution in [1.82, 2.24) is 0 Å². The lowest BCUT2D eigenvalue weighted by atomic mass is 10.2. The van der Waals surface area contributed by atoms with Crippen LogP contribution in [0.15, 0.2) is 48.5 Å². The summed E-state index contributed by atoms with van der Waals surface area (Å²) in [7, 11) is 3.17. The van der Waals surface area contributed by atoms with Gasteiger partial charge in [0.05, 0.1) is 17.6 Å². The van der Waals surface area contributed by atoms with Crippen LogP contribution in [0.4, 0.5) is 17.1 Å². The van der Waals surface area contributed by atoms with Crippen molar-refractivity contribution in [3.8, 4) is 0 Å². The Bertz CT molecular complexity index is 650. The largest absolute Gasteiger partial charge is 0.465 e. The molecule has 0 heterocycles. The smallest absolute Gasteiger partial charge is 0.337 e. The second-order valence-electron chi connectivity index (χ2n) is 4.37. The molecule has 0 saturated heterocycles. The van der Waals surface area contributed by atoms with Gasteiger partial charge in [-0.1, -0.05) is 0 Å². The van der Waals surface area contributed by atoms with Crippen LogP contribution in [0.5, 0.6) is 0 Å². The van der Waals surface area contributed by atoms with Crippen molar-refractivity contribution in [2.45, 2.75) is 0 Å². The second kappa shape index (κ2) is 6.04. The van der Waals surface area contributed by atoms with Crippen LogP contribution in [0, 0.1) is 10.1 Å². The Morgan fingerprint density at radius 2 is 1.52 bits per heavy atom. The third kappa shape index (κ3) is 3.17. The summed E-state index contributed by atoms with van der Waals surface area (Å²) in [6.45, 7) is 0. The van der Waals surface area contributed by atoms with Gasteiger partial charge in [-0.25, -0.2) is 4.79 Å². The van der Waals surface area contributed by atoms with Crippen LogP contribution in [0.25, 0.3) is 0 Å². The second-order valence-corrected chi connectivity index (χ2v) is 4.37. The van der Waals surface area contributed by atoms with Crippen LogP contribution < -0.4 is 4.90 Å². The highest BCUT2D eigenvalue weighted by Gasteiger charge is 2.09. The maximum Gasteiger partial charge on any atom is 0.337 e. The molecule has 0 aromatic heterocycles. The van der Waals surface area contributed by atoms with E-state index in [1.54, 1.807) is 36.4 Å². The summed E-state index contributed by atoms with van der Waals surface area (Å²) in [6, 6.07) is 13.2. The molecule has 2 aromatic carbocycles. The summed E-state index contributed by atoms with van der Waals surface area (Å²) in [6.07, 6.45) is 0. The molecule has 0 spiro atoms. The van der Waals surface area contributed by atoms with Gasteiger partial charge < -0.3 is 9.64 Å². The van der Waals surface area contributed by atoms with Gasteiger partial charge in [0, 0.05) is 30.6 Å². The van der Waals surface area contributed by atoms with Gasteiger partial charge in [-0.05, 0) is 36.4 Å². The third-order valence-corrected chi connectivity index (χ3v) is 3.12. The fraction of sp³-hybridized carbons (Fsp3) is 0.133. The van der Waals surface area contributed by atoms with Crippen LogP contribution in [-0.2, 0) is 4.74 Å². The Hall–Kier alpha value is -2.89. The average molecular weight is 286 g/mol. The molecular weight excluding hydrogens is 272 g/mol. The standard InChI is InChI=1S/C15H14N2O4/c1-16(13-7-9-14(10-8-13)17(19)20)12-5-3-11(4-6-12)15(18)21-2/h3-10H,1-2H3. The summed E-state index contributed by atoms with van der Waals surface area (Å²) in [5.74, 6) is -0.389. The van der Waals surface area contributed by atoms with Gasteiger partial charge in [-0.15, -0.1) is 0 Å². The lowest BCUT2D eigenvalue weighted by molar-refractivity contribution is -0.384. The number of carbonyl (C=O) groups is 1. The lowest BCUT2D eigenvalue weighted by Crippen LogP contribution is -2.10. The minimum Gasteiger partial charge on any atom is -0.465 e. The zero-order chi connectivity index (χ0) is 15.4. The van der Waals surface area contributed by atoms with E-state index in [9.17, 15) is 14.9 Å². The number of hydrogen-bond acceptors (Lipinski definition) is 5. The Balaban J connectivity index is 2.21. The van der Waals surface area contributed by atoms with Gasteiger partial charge in [-0.2, -0.15) is 0 Å². The van der Waals surface area contributed by atoms with E-state index in [2.05, 4.69) is 4.74 Å². The van der Waals surface area contributed by atoms with Gasteiger partial charge in [0.1, 0.15) is 0 Å². The summed E-state index contributed by atoms with van der Waals surface area (Å²) < 4.78 is 4.64. The third-order valence-electron chi connectivity index (χ3n) is 3.12. The molecule has 0 radical (unpaired) electrons. The van der Waals surface area contributed by atoms with E-state index in [1.165, 1.54) is 19.2 Å². The summed E-state index contributed by atoms with van der Waals surface area (Å²) in [4.78, 5) is 23.4. The SMILES string of the molecule is COC(=O)c1ccc(N(C)c2ccc([N+](=O)[O-])cc2)cc1. The highest BCUT2D eigenvalue weighted by molar-refractivity contribution is 5.89. The number of hydrogen-bond donors (Lipinski definition) is 0. The van der Waals surface area contributed by atoms with E-state index in [4.69, 9.17) is 0 Å². The fourth-order valence-electron chi connectivity index (χ4n) is 1.89. The molecule has 21 heavy (non-hydrogen) atoms. The monoisotopic (exact) mass is 286 g/mol. The first-order chi connectivity index (χ1) is 10.0. The van der Waals surface area contributed by atoms with Crippen molar-refractivity contribution in [2.75, 3.05) is 19.1 Å². The van der Waals surface area contributed by atoms with Crippen LogP contribution in [0.1, 0.15) is 10.4 Å². The number of nitro benzene ring substituents is 1. The molecule has 0 aliphatic heterocycles. The summed E-state index contributed by atoms with van der Waals surface area (Å²) >= 11 is 0. The highest BCUT2D eigenvalue weighted by atomic mass is 16.6. The molecule has 0 saturated carbocycles. The summed E-state index contributed by atoms with van der Waals surface area (Å²) in [5.41, 5.74) is 2.19. The molecule has 0 unspecified atom stereocenters. The Morgan fingerprint density at radius 1 is 1.05 bits per heavy atom. The van der Waals surface area contributed by atoms with Crippen molar-refractivity contribution in [3.05, 3.63) is 64.2 Å². The van der Waals surface area contributed by atoms with E-state index in [0.29, 0.717) is 5.56 Å². The fourth-order valence-corrected chi connectivity index (χ4v) is 1.89. The topological polar surface area (TPSA) is 72.7 Å². The molecule has 0 aliphatic rings. The molecule has 6 heteroatoms. The molecule has 0 aliphatic carbocycles. The molecular formula is C15H14N2O4. The molecule has 0 atom stereocenters. The number of methoxy groups -OCH3 is 1. The van der Waals surface area contributed by atoms with Gasteiger partial charge in [0.15, 0.2) is 0 Å². The Kier molecular flexibility index (Phi) is 4.18. The van der Waals surface area contributed by atoms with Crippen LogP contribution in [-0.4, -0.2) is 25.1 Å². The molecule has 108 valence electrons. The van der Waals surface area contributed by atoms with Crippen molar-refractivity contribution >= 4 is 23.0 Å². The Morgan fingerprint density at radius 3 is 1.95 bits per heavy atom. The highest BCUT2D eigenvalue weighted by Crippen LogP contribution is 2.25. The number of anilines is 2. The van der Waals surface area contributed by atoms with Crippen molar-refractivity contribution in [1.29, 1.82) is 0 Å². The molecule has 0 N–H and O–H groups in total. The molecule has 0 amide bonds. The maximum atomic E-state index is 11.4. The molecule has 2 aromatic rings. The van der Waals surface area contributed by atoms with Crippen molar-refractivity contribution < 1.29 is 14.5 Å². The number of nitrogens with zero attached hydrogens (tertiary/aromatic N) is 2. The van der Waals surface area contributed by atoms with Crippen molar-refractivity contribution in [3.63, 3.8) is 0 Å². The molecule has 2 rings (SSSR count). The Labute approximate surface area is 121 Å². The quantitative estimate of drug-likeness (QED) is 0.490. The molecule has 0 bridgehead atoms. The van der Waals surface area contributed by atoms with Crippen LogP contribution >= 0.6 is 0 Å². The summed E-state index contributed by atoms with van der Waals surface area (Å²) in [5, 5.41) is 10.6. The first-order valence-corrected chi connectivity index (χ1v) is 6.19. The number of nitro groups is 1. The van der Waals surface area contributed by atoms with Crippen molar-refractivity contribution in [2.24, 2.45) is 0 Å². The minimum atomic E-state index is -0.436. The minimum absolute atomic E-state index is 0.0492. The predicted molar refractivity (Wildman–Crippen MR) is 78.9 cm³/mol. The van der Waals surface area contributed by atoms with E-state index in [0.717, 1.165) is 11.4 Å². The van der Waals surface area contributed by atoms with E-state index in [-0.39, 0.29) is 11.7 Å². The van der Waals surface area contributed by atoms with Crippen LogP contribution in [0.3, 0.4) is 0 Å². The number of benzene rings is 2. The molecule has 6 nitrogen and oxygen atoms in total. The van der Waals surface area contributed by atoms with Gasteiger partial charge in [0.2, 0.25) is 0 Å². The van der Waals surface area contributed by atoms with Crippen LogP contribution in [0.2, 0.25) is 0 Å². The predicted octanol–water partition coefficient (Wildman–Crippen LogP) is 3.15. The first kappa shape index (κ1) is 14.5. The normalized spacial score (nSPS) is 10.0.